The van der Waals surface area contributed by atoms with Gasteiger partial charge in [0.2, 0.25) is 0 Å². The lowest BCUT2D eigenvalue weighted by molar-refractivity contribution is -0.0181. The summed E-state index contributed by atoms with van der Waals surface area (Å²) in [4.78, 5) is 2.23. The molecular weight excluding hydrogens is 308 g/mol. The van der Waals surface area contributed by atoms with Crippen molar-refractivity contribution in [2.45, 2.75) is 12.6 Å². The molecule has 94 valence electrons. The zero-order valence-electron chi connectivity index (χ0n) is 9.33. The van der Waals surface area contributed by atoms with Crippen molar-refractivity contribution in [3.8, 4) is 0 Å². The Balaban J connectivity index is 2.02. The molecule has 0 aliphatic carbocycles. The summed E-state index contributed by atoms with van der Waals surface area (Å²) < 4.78 is 18.8. The summed E-state index contributed by atoms with van der Waals surface area (Å²) in [5.41, 5.74) is 0.835. The van der Waals surface area contributed by atoms with Crippen LogP contribution >= 0.6 is 27.5 Å². The van der Waals surface area contributed by atoms with Gasteiger partial charge in [-0.15, -0.1) is 0 Å². The second-order valence-corrected chi connectivity index (χ2v) is 5.12. The van der Waals surface area contributed by atoms with Crippen LogP contribution in [-0.2, 0) is 11.3 Å². The monoisotopic (exact) mass is 321 g/mol. The summed E-state index contributed by atoms with van der Waals surface area (Å²) in [6.07, 6.45) is 0.205. The molecule has 1 fully saturated rings. The lowest BCUT2D eigenvalue weighted by Gasteiger charge is -2.32. The first-order valence-corrected chi connectivity index (χ1v) is 7.03. The average Bonchev–Trinajstić information content (AvgIpc) is 2.35. The highest BCUT2D eigenvalue weighted by Crippen LogP contribution is 2.22. The lowest BCUT2D eigenvalue weighted by atomic mass is 10.2. The number of hydrogen-bond donors (Lipinski definition) is 0. The Morgan fingerprint density at radius 3 is 3.12 bits per heavy atom. The second kappa shape index (κ2) is 6.14. The third kappa shape index (κ3) is 3.41. The molecule has 1 heterocycles. The van der Waals surface area contributed by atoms with Gasteiger partial charge in [-0.1, -0.05) is 39.7 Å². The maximum atomic E-state index is 13.3. The molecule has 1 aromatic rings. The number of rotatable bonds is 3. The Hall–Kier alpha value is -0.160. The standard InChI is InChI=1S/C12H14BrClFNO/c13-6-10-8-16(4-5-17-10)7-9-2-1-3-11(15)12(9)14/h1-3,10H,4-8H2. The first kappa shape index (κ1) is 13.3. The number of ether oxygens (including phenoxy) is 1. The van der Waals surface area contributed by atoms with Crippen LogP contribution in [0.15, 0.2) is 18.2 Å². The van der Waals surface area contributed by atoms with E-state index >= 15 is 0 Å². The number of alkyl halides is 1. The van der Waals surface area contributed by atoms with Gasteiger partial charge in [0.1, 0.15) is 5.82 Å². The van der Waals surface area contributed by atoms with Crippen molar-refractivity contribution < 1.29 is 9.13 Å². The van der Waals surface area contributed by atoms with Gasteiger partial charge in [-0.05, 0) is 11.6 Å². The third-order valence-electron chi connectivity index (χ3n) is 2.82. The van der Waals surface area contributed by atoms with Crippen molar-refractivity contribution in [1.82, 2.24) is 4.90 Å². The van der Waals surface area contributed by atoms with Crippen LogP contribution in [-0.4, -0.2) is 36.0 Å². The summed E-state index contributed by atoms with van der Waals surface area (Å²) in [6.45, 7) is 3.08. The predicted octanol–water partition coefficient (Wildman–Crippen LogP) is 3.07. The van der Waals surface area contributed by atoms with E-state index in [1.54, 1.807) is 6.07 Å². The minimum absolute atomic E-state index is 0.205. The predicted molar refractivity (Wildman–Crippen MR) is 70.2 cm³/mol. The van der Waals surface area contributed by atoms with E-state index in [1.165, 1.54) is 6.07 Å². The Bertz CT molecular complexity index is 391. The molecule has 1 aliphatic heterocycles. The van der Waals surface area contributed by atoms with E-state index in [0.717, 1.165) is 24.0 Å². The average molecular weight is 323 g/mol. The van der Waals surface area contributed by atoms with Crippen molar-refractivity contribution in [3.63, 3.8) is 0 Å². The number of hydrogen-bond acceptors (Lipinski definition) is 2. The molecule has 0 saturated carbocycles. The number of nitrogens with zero attached hydrogens (tertiary/aromatic N) is 1. The molecule has 5 heteroatoms. The van der Waals surface area contributed by atoms with Gasteiger partial charge >= 0.3 is 0 Å². The summed E-state index contributed by atoms with van der Waals surface area (Å²) >= 11 is 9.35. The lowest BCUT2D eigenvalue weighted by Crippen LogP contribution is -2.42. The third-order valence-corrected chi connectivity index (χ3v) is 3.97. The molecule has 1 saturated heterocycles. The fraction of sp³-hybridized carbons (Fsp3) is 0.500. The largest absolute Gasteiger partial charge is 0.375 e. The van der Waals surface area contributed by atoms with Crippen LogP contribution in [0.3, 0.4) is 0 Å². The van der Waals surface area contributed by atoms with E-state index in [2.05, 4.69) is 20.8 Å². The molecule has 0 bridgehead atoms. The minimum Gasteiger partial charge on any atom is -0.375 e. The van der Waals surface area contributed by atoms with E-state index in [0.29, 0.717) is 13.2 Å². The van der Waals surface area contributed by atoms with E-state index in [9.17, 15) is 4.39 Å². The molecule has 1 unspecified atom stereocenters. The van der Waals surface area contributed by atoms with Crippen molar-refractivity contribution in [2.24, 2.45) is 0 Å². The van der Waals surface area contributed by atoms with Gasteiger partial charge < -0.3 is 4.74 Å². The molecule has 1 aromatic carbocycles. The molecule has 17 heavy (non-hydrogen) atoms. The van der Waals surface area contributed by atoms with Crippen LogP contribution in [0, 0.1) is 5.82 Å². The fourth-order valence-electron chi connectivity index (χ4n) is 1.93. The van der Waals surface area contributed by atoms with Crippen LogP contribution in [0.5, 0.6) is 0 Å². The Morgan fingerprint density at radius 2 is 2.35 bits per heavy atom. The summed E-state index contributed by atoms with van der Waals surface area (Å²) in [7, 11) is 0. The SMILES string of the molecule is Fc1cccc(CN2CCOC(CBr)C2)c1Cl. The maximum absolute atomic E-state index is 13.3. The molecule has 1 atom stereocenters. The maximum Gasteiger partial charge on any atom is 0.142 e. The molecular formula is C12H14BrClFNO. The second-order valence-electron chi connectivity index (χ2n) is 4.10. The van der Waals surface area contributed by atoms with Gasteiger partial charge in [0, 0.05) is 25.0 Å². The highest BCUT2D eigenvalue weighted by molar-refractivity contribution is 9.09. The molecule has 0 spiro atoms. The number of benzene rings is 1. The first-order chi connectivity index (χ1) is 8.20. The van der Waals surface area contributed by atoms with E-state index in [1.807, 2.05) is 6.07 Å². The zero-order valence-corrected chi connectivity index (χ0v) is 11.7. The summed E-state index contributed by atoms with van der Waals surface area (Å²) in [5.74, 6) is -0.352. The van der Waals surface area contributed by atoms with Crippen LogP contribution in [0.4, 0.5) is 4.39 Å². The highest BCUT2D eigenvalue weighted by atomic mass is 79.9. The first-order valence-electron chi connectivity index (χ1n) is 5.53. The highest BCUT2D eigenvalue weighted by Gasteiger charge is 2.20. The summed E-state index contributed by atoms with van der Waals surface area (Å²) in [6, 6.07) is 4.94. The van der Waals surface area contributed by atoms with Crippen molar-refractivity contribution in [1.29, 1.82) is 0 Å². The van der Waals surface area contributed by atoms with Crippen LogP contribution in [0.1, 0.15) is 5.56 Å². The topological polar surface area (TPSA) is 12.5 Å². The van der Waals surface area contributed by atoms with Crippen molar-refractivity contribution in [2.75, 3.05) is 25.0 Å². The van der Waals surface area contributed by atoms with Crippen molar-refractivity contribution in [3.05, 3.63) is 34.6 Å². The van der Waals surface area contributed by atoms with E-state index < -0.39 is 0 Å². The minimum atomic E-state index is -0.352. The Morgan fingerprint density at radius 1 is 1.53 bits per heavy atom. The molecule has 0 amide bonds. The van der Waals surface area contributed by atoms with Gasteiger partial charge in [0.05, 0.1) is 17.7 Å². The van der Waals surface area contributed by atoms with Gasteiger partial charge in [-0.3, -0.25) is 4.90 Å². The fourth-order valence-corrected chi connectivity index (χ4v) is 2.51. The van der Waals surface area contributed by atoms with E-state index in [4.69, 9.17) is 16.3 Å². The normalized spacial score (nSPS) is 21.7. The molecule has 1 aliphatic rings. The molecule has 2 rings (SSSR count). The number of morpholine rings is 1. The van der Waals surface area contributed by atoms with Crippen LogP contribution in [0.25, 0.3) is 0 Å². The van der Waals surface area contributed by atoms with E-state index in [-0.39, 0.29) is 16.9 Å². The van der Waals surface area contributed by atoms with Crippen molar-refractivity contribution >= 4 is 27.5 Å². The van der Waals surface area contributed by atoms with Crippen LogP contribution < -0.4 is 0 Å². The molecule has 2 nitrogen and oxygen atoms in total. The van der Waals surface area contributed by atoms with Gasteiger partial charge in [0.25, 0.3) is 0 Å². The van der Waals surface area contributed by atoms with Crippen LogP contribution in [0.2, 0.25) is 5.02 Å². The zero-order chi connectivity index (χ0) is 12.3. The van der Waals surface area contributed by atoms with Gasteiger partial charge in [0.15, 0.2) is 0 Å². The van der Waals surface area contributed by atoms with Gasteiger partial charge in [-0.25, -0.2) is 4.39 Å². The molecule has 0 N–H and O–H groups in total. The Kier molecular flexibility index (Phi) is 4.79. The summed E-state index contributed by atoms with van der Waals surface area (Å²) in [5, 5.41) is 1.05. The number of halogens is 3. The Labute approximate surface area is 114 Å². The quantitative estimate of drug-likeness (QED) is 0.793. The molecule has 0 aromatic heterocycles. The molecule has 0 radical (unpaired) electrons. The smallest absolute Gasteiger partial charge is 0.142 e. The van der Waals surface area contributed by atoms with Gasteiger partial charge in [-0.2, -0.15) is 0 Å².